The van der Waals surface area contributed by atoms with Crippen molar-refractivity contribution in [3.8, 4) is 22.3 Å². The summed E-state index contributed by atoms with van der Waals surface area (Å²) in [6, 6.07) is 14.4. The van der Waals surface area contributed by atoms with Gasteiger partial charge in [0, 0.05) is 29.4 Å². The number of hydrogen-bond donors (Lipinski definition) is 1. The number of nitrogens with one attached hydrogen (secondary N) is 1. The van der Waals surface area contributed by atoms with E-state index in [9.17, 15) is 4.39 Å². The summed E-state index contributed by atoms with van der Waals surface area (Å²) in [5, 5.41) is 3.02. The van der Waals surface area contributed by atoms with Crippen molar-refractivity contribution in [1.29, 1.82) is 0 Å². The molecule has 1 N–H and O–H groups in total. The topological polar surface area (TPSA) is 12.0 Å². The van der Waals surface area contributed by atoms with Crippen LogP contribution in [0.25, 0.3) is 22.3 Å². The number of anilines is 1. The van der Waals surface area contributed by atoms with Crippen LogP contribution in [0, 0.1) is 25.5 Å². The van der Waals surface area contributed by atoms with E-state index >= 15 is 4.39 Å². The lowest BCUT2D eigenvalue weighted by atomic mass is 9.93. The van der Waals surface area contributed by atoms with Gasteiger partial charge in [-0.2, -0.15) is 0 Å². The van der Waals surface area contributed by atoms with Crippen LogP contribution in [0.4, 0.5) is 14.5 Å². The monoisotopic (exact) mass is 351 g/mol. The molecule has 0 fully saturated rings. The summed E-state index contributed by atoms with van der Waals surface area (Å²) in [4.78, 5) is 0. The largest absolute Gasteiger partial charge is 0.388 e. The zero-order valence-electron chi connectivity index (χ0n) is 15.6. The maximum absolute atomic E-state index is 15.4. The minimum Gasteiger partial charge on any atom is -0.388 e. The van der Waals surface area contributed by atoms with Crippen LogP contribution in [0.3, 0.4) is 0 Å². The van der Waals surface area contributed by atoms with Crippen LogP contribution in [0.15, 0.2) is 48.5 Å². The number of rotatable bonds is 4. The second-order valence-corrected chi connectivity index (χ2v) is 6.50. The smallest absolute Gasteiger partial charge is 0.138 e. The Morgan fingerprint density at radius 3 is 2.23 bits per heavy atom. The highest BCUT2D eigenvalue weighted by molar-refractivity contribution is 5.78. The van der Waals surface area contributed by atoms with Gasteiger partial charge in [-0.3, -0.25) is 0 Å². The van der Waals surface area contributed by atoms with Gasteiger partial charge >= 0.3 is 0 Å². The van der Waals surface area contributed by atoms with Gasteiger partial charge in [-0.1, -0.05) is 43.3 Å². The molecule has 0 aliphatic rings. The highest BCUT2D eigenvalue weighted by Crippen LogP contribution is 2.35. The van der Waals surface area contributed by atoms with Crippen molar-refractivity contribution in [3.63, 3.8) is 0 Å². The molecule has 0 saturated carbocycles. The molecule has 0 bridgehead atoms. The lowest BCUT2D eigenvalue weighted by Crippen LogP contribution is -2.00. The maximum Gasteiger partial charge on any atom is 0.138 e. The van der Waals surface area contributed by atoms with Gasteiger partial charge in [0.1, 0.15) is 11.6 Å². The average Bonchev–Trinajstić information content (AvgIpc) is 2.63. The molecule has 3 aromatic carbocycles. The summed E-state index contributed by atoms with van der Waals surface area (Å²) in [5.74, 6) is -0.641. The van der Waals surface area contributed by atoms with Crippen molar-refractivity contribution in [2.45, 2.75) is 27.2 Å². The standard InChI is InChI=1S/C23H23F2N/c1-5-17-21(24)12-16(13-22(17)26-4)19-10-7-11-20(23(19)25)18-9-6-8-14(2)15(18)3/h6-13,26H,5H2,1-4H3. The van der Waals surface area contributed by atoms with Crippen molar-refractivity contribution in [2.24, 2.45) is 0 Å². The Hall–Kier alpha value is -2.68. The summed E-state index contributed by atoms with van der Waals surface area (Å²) in [6.07, 6.45) is 0.577. The Morgan fingerprint density at radius 2 is 1.54 bits per heavy atom. The molecule has 0 unspecified atom stereocenters. The minimum absolute atomic E-state index is 0.314. The fourth-order valence-corrected chi connectivity index (χ4v) is 3.38. The third-order valence-corrected chi connectivity index (χ3v) is 5.02. The molecule has 0 heterocycles. The van der Waals surface area contributed by atoms with E-state index in [-0.39, 0.29) is 11.6 Å². The molecule has 0 atom stereocenters. The van der Waals surface area contributed by atoms with Gasteiger partial charge in [0.05, 0.1) is 0 Å². The first kappa shape index (κ1) is 18.1. The SMILES string of the molecule is CCc1c(F)cc(-c2cccc(-c3cccc(C)c3C)c2F)cc1NC. The van der Waals surface area contributed by atoms with Crippen LogP contribution in [0.1, 0.15) is 23.6 Å². The van der Waals surface area contributed by atoms with Gasteiger partial charge in [0.15, 0.2) is 0 Å². The number of hydrogen-bond acceptors (Lipinski definition) is 1. The second kappa shape index (κ2) is 7.28. The van der Waals surface area contributed by atoms with E-state index < -0.39 is 0 Å². The van der Waals surface area contributed by atoms with Crippen LogP contribution < -0.4 is 5.32 Å². The summed E-state index contributed by atoms with van der Waals surface area (Å²) >= 11 is 0. The first-order valence-corrected chi connectivity index (χ1v) is 8.83. The van der Waals surface area contributed by atoms with Crippen LogP contribution >= 0.6 is 0 Å². The summed E-state index contributed by atoms with van der Waals surface area (Å²) in [7, 11) is 1.75. The number of halogens is 2. The molecule has 0 amide bonds. The van der Waals surface area contributed by atoms with Crippen LogP contribution in [-0.4, -0.2) is 7.05 Å². The Balaban J connectivity index is 2.20. The average molecular weight is 351 g/mol. The number of benzene rings is 3. The summed E-state index contributed by atoms with van der Waals surface area (Å²) in [6.45, 7) is 5.91. The first-order chi connectivity index (χ1) is 12.5. The molecular formula is C23H23F2N. The van der Waals surface area contributed by atoms with E-state index in [1.807, 2.05) is 51.1 Å². The number of aryl methyl sites for hydroxylation is 1. The van der Waals surface area contributed by atoms with Crippen LogP contribution in [0.2, 0.25) is 0 Å². The zero-order chi connectivity index (χ0) is 18.8. The highest BCUT2D eigenvalue weighted by atomic mass is 19.1. The first-order valence-electron chi connectivity index (χ1n) is 8.83. The highest BCUT2D eigenvalue weighted by Gasteiger charge is 2.16. The Morgan fingerprint density at radius 1 is 0.885 bits per heavy atom. The van der Waals surface area contributed by atoms with Gasteiger partial charge in [-0.05, 0) is 54.7 Å². The van der Waals surface area contributed by atoms with Crippen LogP contribution in [-0.2, 0) is 6.42 Å². The van der Waals surface area contributed by atoms with Gasteiger partial charge in [0.25, 0.3) is 0 Å². The van der Waals surface area contributed by atoms with E-state index in [1.54, 1.807) is 19.2 Å². The fraction of sp³-hybridized carbons (Fsp3) is 0.217. The van der Waals surface area contributed by atoms with Gasteiger partial charge in [0.2, 0.25) is 0 Å². The maximum atomic E-state index is 15.4. The molecule has 0 aliphatic heterocycles. The molecule has 0 aliphatic carbocycles. The van der Waals surface area contributed by atoms with E-state index in [4.69, 9.17) is 0 Å². The third-order valence-electron chi connectivity index (χ3n) is 5.02. The Bertz CT molecular complexity index is 961. The van der Waals surface area contributed by atoms with Crippen LogP contribution in [0.5, 0.6) is 0 Å². The zero-order valence-corrected chi connectivity index (χ0v) is 15.6. The van der Waals surface area contributed by atoms with E-state index in [0.29, 0.717) is 34.4 Å². The molecular weight excluding hydrogens is 328 g/mol. The molecule has 0 radical (unpaired) electrons. The van der Waals surface area contributed by atoms with Crippen molar-refractivity contribution in [3.05, 3.63) is 76.9 Å². The lowest BCUT2D eigenvalue weighted by molar-refractivity contribution is 0.612. The second-order valence-electron chi connectivity index (χ2n) is 6.50. The Kier molecular flexibility index (Phi) is 5.08. The quantitative estimate of drug-likeness (QED) is 0.564. The molecule has 3 rings (SSSR count). The summed E-state index contributed by atoms with van der Waals surface area (Å²) < 4.78 is 29.9. The summed E-state index contributed by atoms with van der Waals surface area (Å²) in [5.41, 5.74) is 5.81. The molecule has 134 valence electrons. The van der Waals surface area contributed by atoms with Gasteiger partial charge in [-0.15, -0.1) is 0 Å². The molecule has 3 heteroatoms. The molecule has 0 saturated heterocycles. The van der Waals surface area contributed by atoms with E-state index in [0.717, 1.165) is 16.7 Å². The van der Waals surface area contributed by atoms with Crippen molar-refractivity contribution in [1.82, 2.24) is 0 Å². The van der Waals surface area contributed by atoms with Gasteiger partial charge < -0.3 is 5.32 Å². The van der Waals surface area contributed by atoms with Crippen molar-refractivity contribution < 1.29 is 8.78 Å². The molecule has 0 aromatic heterocycles. The fourth-order valence-electron chi connectivity index (χ4n) is 3.38. The minimum atomic E-state index is -0.327. The predicted octanol–water partition coefficient (Wildman–Crippen LogP) is 6.52. The van der Waals surface area contributed by atoms with Crippen molar-refractivity contribution >= 4 is 5.69 Å². The molecule has 3 aromatic rings. The predicted molar refractivity (Wildman–Crippen MR) is 106 cm³/mol. The Labute approximate surface area is 153 Å². The lowest BCUT2D eigenvalue weighted by Gasteiger charge is -2.15. The van der Waals surface area contributed by atoms with Crippen molar-refractivity contribution in [2.75, 3.05) is 12.4 Å². The normalized spacial score (nSPS) is 10.8. The van der Waals surface area contributed by atoms with Gasteiger partial charge in [-0.25, -0.2) is 8.78 Å². The molecule has 1 nitrogen and oxygen atoms in total. The molecule has 0 spiro atoms. The van der Waals surface area contributed by atoms with E-state index in [2.05, 4.69) is 5.32 Å². The van der Waals surface area contributed by atoms with E-state index in [1.165, 1.54) is 6.07 Å². The third kappa shape index (κ3) is 3.10. The molecule has 26 heavy (non-hydrogen) atoms.